The van der Waals surface area contributed by atoms with E-state index < -0.39 is 0 Å². The van der Waals surface area contributed by atoms with Gasteiger partial charge >= 0.3 is 0 Å². The van der Waals surface area contributed by atoms with Crippen molar-refractivity contribution in [2.45, 2.75) is 37.5 Å². The zero-order valence-corrected chi connectivity index (χ0v) is 18.4. The largest absolute Gasteiger partial charge is 0.480 e. The summed E-state index contributed by atoms with van der Waals surface area (Å²) in [6, 6.07) is 8.95. The molecule has 162 valence electrons. The molecule has 3 aromatic heterocycles. The number of H-pyrrole nitrogens is 2. The molecule has 2 fully saturated rings. The zero-order valence-electron chi connectivity index (χ0n) is 18.4. The second-order valence-electron chi connectivity index (χ2n) is 9.17. The minimum absolute atomic E-state index is 0.434. The van der Waals surface area contributed by atoms with Gasteiger partial charge in [0.05, 0.1) is 29.2 Å². The molecule has 1 saturated carbocycles. The molecule has 1 aromatic carbocycles. The molecule has 2 N–H and O–H groups in total. The minimum atomic E-state index is 0.434. The van der Waals surface area contributed by atoms with Crippen LogP contribution >= 0.6 is 0 Å². The summed E-state index contributed by atoms with van der Waals surface area (Å²) in [5, 5.41) is 10.6. The van der Waals surface area contributed by atoms with Crippen LogP contribution in [0.25, 0.3) is 33.3 Å². The summed E-state index contributed by atoms with van der Waals surface area (Å²) >= 11 is 0. The van der Waals surface area contributed by atoms with Gasteiger partial charge < -0.3 is 19.6 Å². The molecule has 1 aliphatic carbocycles. The van der Waals surface area contributed by atoms with Gasteiger partial charge in [0.2, 0.25) is 5.88 Å². The first kappa shape index (κ1) is 19.3. The number of nitriles is 1. The number of methoxy groups -OCH3 is 1. The minimum Gasteiger partial charge on any atom is -0.480 e. The van der Waals surface area contributed by atoms with Gasteiger partial charge in [-0.15, -0.1) is 0 Å². The first-order valence-corrected chi connectivity index (χ1v) is 11.3. The number of piperidine rings is 1. The number of hydrogen-bond acceptors (Lipinski definition) is 5. The van der Waals surface area contributed by atoms with Crippen LogP contribution in [-0.2, 0) is 0 Å². The highest BCUT2D eigenvalue weighted by molar-refractivity contribution is 5.99. The molecule has 1 aliphatic heterocycles. The van der Waals surface area contributed by atoms with Crippen LogP contribution in [0.15, 0.2) is 24.4 Å². The Kier molecular flexibility index (Phi) is 4.44. The predicted octanol–water partition coefficient (Wildman–Crippen LogP) is 4.67. The van der Waals surface area contributed by atoms with E-state index in [0.29, 0.717) is 29.1 Å². The fraction of sp³-hybridized carbons (Fsp3) is 0.400. The van der Waals surface area contributed by atoms with Gasteiger partial charge in [0.25, 0.3) is 0 Å². The second kappa shape index (κ2) is 7.35. The Bertz CT molecular complexity index is 1360. The van der Waals surface area contributed by atoms with E-state index >= 15 is 0 Å². The molecule has 6 rings (SSSR count). The van der Waals surface area contributed by atoms with Crippen molar-refractivity contribution in [2.75, 3.05) is 27.2 Å². The molecule has 4 aromatic rings. The van der Waals surface area contributed by atoms with Crippen LogP contribution in [0.4, 0.5) is 0 Å². The molecular weight excluding hydrogens is 400 g/mol. The number of fused-ring (bicyclic) bond motifs is 2. The first-order valence-electron chi connectivity index (χ1n) is 11.3. The summed E-state index contributed by atoms with van der Waals surface area (Å²) in [6.45, 7) is 2.28. The van der Waals surface area contributed by atoms with Gasteiger partial charge in [-0.2, -0.15) is 5.26 Å². The highest BCUT2D eigenvalue weighted by Crippen LogP contribution is 2.45. The van der Waals surface area contributed by atoms with Crippen molar-refractivity contribution < 1.29 is 4.74 Å². The number of pyridine rings is 1. The monoisotopic (exact) mass is 426 g/mol. The third-order valence-corrected chi connectivity index (χ3v) is 7.07. The molecular formula is C25H26N6O. The van der Waals surface area contributed by atoms with E-state index in [1.165, 1.54) is 18.4 Å². The van der Waals surface area contributed by atoms with E-state index in [9.17, 15) is 5.26 Å². The van der Waals surface area contributed by atoms with Crippen molar-refractivity contribution in [1.29, 1.82) is 5.26 Å². The number of aromatic nitrogens is 4. The third kappa shape index (κ3) is 3.06. The van der Waals surface area contributed by atoms with Crippen molar-refractivity contribution >= 4 is 21.9 Å². The molecule has 7 heteroatoms. The smallest absolute Gasteiger partial charge is 0.226 e. The maximum absolute atomic E-state index is 9.80. The van der Waals surface area contributed by atoms with Gasteiger partial charge in [-0.25, -0.2) is 9.97 Å². The van der Waals surface area contributed by atoms with E-state index in [0.717, 1.165) is 59.1 Å². The number of likely N-dealkylation sites (tertiary alicyclic amines) is 1. The number of hydrogen-bond donors (Lipinski definition) is 2. The number of ether oxygens (including phenoxy) is 1. The number of nitrogens with one attached hydrogen (secondary N) is 2. The van der Waals surface area contributed by atoms with Crippen molar-refractivity contribution in [2.24, 2.45) is 0 Å². The quantitative estimate of drug-likeness (QED) is 0.494. The Hall–Kier alpha value is -3.37. The highest BCUT2D eigenvalue weighted by Gasteiger charge is 2.31. The molecule has 0 bridgehead atoms. The maximum Gasteiger partial charge on any atom is 0.226 e. The van der Waals surface area contributed by atoms with Crippen LogP contribution in [0.3, 0.4) is 0 Å². The lowest BCUT2D eigenvalue weighted by molar-refractivity contribution is 0.255. The molecule has 0 unspecified atom stereocenters. The highest BCUT2D eigenvalue weighted by atomic mass is 16.5. The summed E-state index contributed by atoms with van der Waals surface area (Å²) in [7, 11) is 3.81. The molecule has 0 amide bonds. The van der Waals surface area contributed by atoms with E-state index in [1.54, 1.807) is 13.3 Å². The van der Waals surface area contributed by atoms with Crippen LogP contribution in [0.5, 0.6) is 5.88 Å². The molecule has 1 saturated heterocycles. The zero-order chi connectivity index (χ0) is 21.8. The Labute approximate surface area is 186 Å². The van der Waals surface area contributed by atoms with Gasteiger partial charge in [-0.3, -0.25) is 0 Å². The fourth-order valence-corrected chi connectivity index (χ4v) is 5.07. The average Bonchev–Trinajstić information content (AvgIpc) is 3.46. The van der Waals surface area contributed by atoms with Crippen LogP contribution in [0, 0.1) is 11.3 Å². The van der Waals surface area contributed by atoms with Crippen LogP contribution < -0.4 is 4.74 Å². The topological polar surface area (TPSA) is 93.6 Å². The Balaban J connectivity index is 1.48. The van der Waals surface area contributed by atoms with E-state index in [4.69, 9.17) is 9.72 Å². The Morgan fingerprint density at radius 1 is 1.12 bits per heavy atom. The number of rotatable bonds is 4. The standard InChI is InChI=1S/C25H26N6O/c1-31-9-7-14(8-10-31)16-5-6-19-20(11-16)29-24(28-19)21-23-18(13-27-25(21)32-2)17(12-26)22(30-23)15-3-4-15/h5-6,11,13-15,30H,3-4,7-10H2,1-2H3,(H,28,29). The normalized spacial score (nSPS) is 17.8. The molecule has 0 radical (unpaired) electrons. The fourth-order valence-electron chi connectivity index (χ4n) is 5.07. The number of nitrogens with zero attached hydrogens (tertiary/aromatic N) is 4. The Morgan fingerprint density at radius 2 is 1.94 bits per heavy atom. The van der Waals surface area contributed by atoms with Crippen molar-refractivity contribution in [1.82, 2.24) is 24.8 Å². The number of benzene rings is 1. The molecule has 0 atom stereocenters. The number of aromatic amines is 2. The van der Waals surface area contributed by atoms with Gasteiger partial charge in [-0.1, -0.05) is 6.07 Å². The summed E-state index contributed by atoms with van der Waals surface area (Å²) in [5.74, 6) is 2.23. The summed E-state index contributed by atoms with van der Waals surface area (Å²) < 4.78 is 5.61. The summed E-state index contributed by atoms with van der Waals surface area (Å²) in [4.78, 5) is 18.8. The second-order valence-corrected chi connectivity index (χ2v) is 9.17. The third-order valence-electron chi connectivity index (χ3n) is 7.07. The predicted molar refractivity (Wildman–Crippen MR) is 124 cm³/mol. The van der Waals surface area contributed by atoms with Crippen molar-refractivity contribution in [3.63, 3.8) is 0 Å². The average molecular weight is 427 g/mol. The molecule has 32 heavy (non-hydrogen) atoms. The van der Waals surface area contributed by atoms with Crippen LogP contribution in [0.2, 0.25) is 0 Å². The van der Waals surface area contributed by atoms with Gasteiger partial charge in [-0.05, 0) is 69.4 Å². The summed E-state index contributed by atoms with van der Waals surface area (Å²) in [5.41, 5.74) is 6.66. The van der Waals surface area contributed by atoms with Crippen LogP contribution in [-0.4, -0.2) is 52.1 Å². The van der Waals surface area contributed by atoms with E-state index in [1.807, 2.05) is 0 Å². The van der Waals surface area contributed by atoms with Gasteiger partial charge in [0.1, 0.15) is 17.5 Å². The molecule has 2 aliphatic rings. The lowest BCUT2D eigenvalue weighted by Gasteiger charge is -2.29. The van der Waals surface area contributed by atoms with Gasteiger partial charge in [0.15, 0.2) is 0 Å². The SMILES string of the molecule is COc1ncc2c(C#N)c(C3CC3)[nH]c2c1-c1nc2ccc(C3CCN(C)CC3)cc2[nH]1. The lowest BCUT2D eigenvalue weighted by Crippen LogP contribution is -2.29. The van der Waals surface area contributed by atoms with Crippen molar-refractivity contribution in [3.8, 4) is 23.3 Å². The molecule has 4 heterocycles. The number of imidazole rings is 1. The van der Waals surface area contributed by atoms with Gasteiger partial charge in [0, 0.05) is 23.2 Å². The van der Waals surface area contributed by atoms with E-state index in [-0.39, 0.29) is 0 Å². The van der Waals surface area contributed by atoms with Crippen molar-refractivity contribution in [3.05, 3.63) is 41.2 Å². The molecule has 0 spiro atoms. The lowest BCUT2D eigenvalue weighted by atomic mass is 9.89. The van der Waals surface area contributed by atoms with E-state index in [2.05, 4.69) is 51.2 Å². The summed E-state index contributed by atoms with van der Waals surface area (Å²) in [6.07, 6.45) is 6.34. The first-order chi connectivity index (χ1) is 15.7. The maximum atomic E-state index is 9.80. The molecule has 7 nitrogen and oxygen atoms in total. The Morgan fingerprint density at radius 3 is 2.66 bits per heavy atom. The van der Waals surface area contributed by atoms with Crippen LogP contribution in [0.1, 0.15) is 54.3 Å².